The van der Waals surface area contributed by atoms with E-state index in [0.717, 1.165) is 49.3 Å². The Hall–Kier alpha value is -2.89. The number of benzene rings is 1. The van der Waals surface area contributed by atoms with Crippen molar-refractivity contribution in [3.63, 3.8) is 0 Å². The van der Waals surface area contributed by atoms with E-state index in [4.69, 9.17) is 4.98 Å². The molecule has 0 radical (unpaired) electrons. The topological polar surface area (TPSA) is 71.9 Å². The number of fused-ring (bicyclic) bond motifs is 3. The lowest BCUT2D eigenvalue weighted by Crippen LogP contribution is -2.48. The van der Waals surface area contributed by atoms with E-state index >= 15 is 0 Å². The van der Waals surface area contributed by atoms with Crippen LogP contribution < -0.4 is 0 Å². The molecular formula is C21H21N5O. The van der Waals surface area contributed by atoms with Gasteiger partial charge in [0.1, 0.15) is 11.3 Å². The molecule has 5 rings (SSSR count). The lowest BCUT2D eigenvalue weighted by atomic mass is 9.77. The van der Waals surface area contributed by atoms with Crippen LogP contribution in [0.2, 0.25) is 0 Å². The van der Waals surface area contributed by atoms with Crippen LogP contribution in [0.15, 0.2) is 36.8 Å². The third-order valence-corrected chi connectivity index (χ3v) is 5.95. The fourth-order valence-electron chi connectivity index (χ4n) is 4.67. The Kier molecular flexibility index (Phi) is 3.67. The van der Waals surface area contributed by atoms with E-state index in [9.17, 15) is 4.79 Å². The Morgan fingerprint density at radius 3 is 2.96 bits per heavy atom. The normalized spacial score (nSPS) is 21.6. The minimum absolute atomic E-state index is 0.0345. The van der Waals surface area contributed by atoms with Gasteiger partial charge in [-0.25, -0.2) is 9.97 Å². The standard InChI is InChI=1S/C21H21N5O/c1-14-24-12-15-6-8-21(19(15)25-14)7-3-11-26(13-21)20(27)16-4-2-5-17-18(16)23-10-9-22-17/h2,4-5,9-10,12H,3,6-8,11,13H2,1H3. The molecule has 1 atom stereocenters. The molecule has 0 saturated carbocycles. The van der Waals surface area contributed by atoms with Gasteiger partial charge in [0, 0.05) is 37.1 Å². The van der Waals surface area contributed by atoms with Crippen LogP contribution in [0, 0.1) is 6.92 Å². The molecular weight excluding hydrogens is 338 g/mol. The minimum Gasteiger partial charge on any atom is -0.338 e. The number of para-hydroxylation sites is 1. The average Bonchev–Trinajstić information content (AvgIpc) is 3.04. The molecule has 0 N–H and O–H groups in total. The number of rotatable bonds is 1. The van der Waals surface area contributed by atoms with Crippen LogP contribution in [0.25, 0.3) is 11.0 Å². The molecule has 6 heteroatoms. The summed E-state index contributed by atoms with van der Waals surface area (Å²) in [5.74, 6) is 0.849. The second-order valence-corrected chi connectivity index (χ2v) is 7.63. The summed E-state index contributed by atoms with van der Waals surface area (Å²) in [5.41, 5.74) is 4.43. The number of likely N-dealkylation sites (tertiary alicyclic amines) is 1. The molecule has 27 heavy (non-hydrogen) atoms. The number of nitrogens with zero attached hydrogens (tertiary/aromatic N) is 5. The van der Waals surface area contributed by atoms with Crippen LogP contribution in [-0.2, 0) is 11.8 Å². The van der Waals surface area contributed by atoms with Crippen molar-refractivity contribution < 1.29 is 4.79 Å². The van der Waals surface area contributed by atoms with Gasteiger partial charge in [0.25, 0.3) is 5.91 Å². The predicted molar refractivity (Wildman–Crippen MR) is 101 cm³/mol. The average molecular weight is 359 g/mol. The van der Waals surface area contributed by atoms with Crippen LogP contribution in [0.4, 0.5) is 0 Å². The summed E-state index contributed by atoms with van der Waals surface area (Å²) in [7, 11) is 0. The summed E-state index contributed by atoms with van der Waals surface area (Å²) in [4.78, 5) is 33.2. The quantitative estimate of drug-likeness (QED) is 0.668. The van der Waals surface area contributed by atoms with Gasteiger partial charge in [-0.1, -0.05) is 6.07 Å². The summed E-state index contributed by atoms with van der Waals surface area (Å²) in [5, 5.41) is 0. The second kappa shape index (κ2) is 6.08. The van der Waals surface area contributed by atoms with Crippen molar-refractivity contribution in [3.05, 3.63) is 59.4 Å². The van der Waals surface area contributed by atoms with E-state index in [1.54, 1.807) is 12.4 Å². The molecule has 136 valence electrons. The summed E-state index contributed by atoms with van der Waals surface area (Å²) >= 11 is 0. The summed E-state index contributed by atoms with van der Waals surface area (Å²) in [6.07, 6.45) is 9.37. The van der Waals surface area contributed by atoms with Gasteiger partial charge < -0.3 is 4.90 Å². The molecule has 3 aromatic rings. The molecule has 1 unspecified atom stereocenters. The van der Waals surface area contributed by atoms with Gasteiger partial charge in [0.15, 0.2) is 0 Å². The van der Waals surface area contributed by atoms with Crippen molar-refractivity contribution >= 4 is 16.9 Å². The minimum atomic E-state index is -0.0345. The second-order valence-electron chi connectivity index (χ2n) is 7.63. The number of carbonyl (C=O) groups is 1. The number of amides is 1. The van der Waals surface area contributed by atoms with Crippen molar-refractivity contribution in [2.45, 2.75) is 38.0 Å². The van der Waals surface area contributed by atoms with Crippen molar-refractivity contribution in [1.29, 1.82) is 0 Å². The summed E-state index contributed by atoms with van der Waals surface area (Å²) < 4.78 is 0. The van der Waals surface area contributed by atoms with Gasteiger partial charge in [-0.3, -0.25) is 14.8 Å². The van der Waals surface area contributed by atoms with Crippen LogP contribution >= 0.6 is 0 Å². The van der Waals surface area contributed by atoms with Gasteiger partial charge in [-0.05, 0) is 50.3 Å². The molecule has 1 aromatic carbocycles. The van der Waals surface area contributed by atoms with Crippen LogP contribution in [-0.4, -0.2) is 43.8 Å². The molecule has 1 saturated heterocycles. The van der Waals surface area contributed by atoms with Gasteiger partial charge in [-0.2, -0.15) is 0 Å². The smallest absolute Gasteiger partial charge is 0.256 e. The molecule has 1 amide bonds. The van der Waals surface area contributed by atoms with Gasteiger partial charge in [-0.15, -0.1) is 0 Å². The molecule has 1 aliphatic carbocycles. The first kappa shape index (κ1) is 16.3. The van der Waals surface area contributed by atoms with Crippen molar-refractivity contribution in [3.8, 4) is 0 Å². The van der Waals surface area contributed by atoms with E-state index in [-0.39, 0.29) is 11.3 Å². The van der Waals surface area contributed by atoms with E-state index in [2.05, 4.69) is 15.0 Å². The Morgan fingerprint density at radius 1 is 1.15 bits per heavy atom. The highest BCUT2D eigenvalue weighted by molar-refractivity contribution is 6.04. The third-order valence-electron chi connectivity index (χ3n) is 5.95. The fraction of sp³-hybridized carbons (Fsp3) is 0.381. The Morgan fingerprint density at radius 2 is 2.04 bits per heavy atom. The monoisotopic (exact) mass is 359 g/mol. The Balaban J connectivity index is 1.50. The summed E-state index contributed by atoms with van der Waals surface area (Å²) in [6.45, 7) is 3.43. The molecule has 2 aliphatic rings. The van der Waals surface area contributed by atoms with Crippen LogP contribution in [0.5, 0.6) is 0 Å². The van der Waals surface area contributed by atoms with E-state index in [1.807, 2.05) is 36.2 Å². The molecule has 1 spiro atoms. The van der Waals surface area contributed by atoms with E-state index < -0.39 is 0 Å². The highest BCUT2D eigenvalue weighted by Gasteiger charge is 2.44. The molecule has 1 aliphatic heterocycles. The Labute approximate surface area is 157 Å². The largest absolute Gasteiger partial charge is 0.338 e. The molecule has 0 bridgehead atoms. The van der Waals surface area contributed by atoms with Crippen LogP contribution in [0.1, 0.15) is 46.7 Å². The van der Waals surface area contributed by atoms with E-state index in [1.165, 1.54) is 5.56 Å². The van der Waals surface area contributed by atoms with Gasteiger partial charge >= 0.3 is 0 Å². The molecule has 3 heterocycles. The zero-order valence-corrected chi connectivity index (χ0v) is 15.4. The number of hydrogen-bond donors (Lipinski definition) is 0. The lowest BCUT2D eigenvalue weighted by molar-refractivity contribution is 0.0635. The van der Waals surface area contributed by atoms with Gasteiger partial charge in [0.05, 0.1) is 16.8 Å². The maximum Gasteiger partial charge on any atom is 0.256 e. The first-order valence-corrected chi connectivity index (χ1v) is 9.48. The number of aromatic nitrogens is 4. The predicted octanol–water partition coefficient (Wildman–Crippen LogP) is 2.85. The zero-order chi connectivity index (χ0) is 18.4. The fourth-order valence-corrected chi connectivity index (χ4v) is 4.67. The lowest BCUT2D eigenvalue weighted by Gasteiger charge is -2.40. The molecule has 6 nitrogen and oxygen atoms in total. The van der Waals surface area contributed by atoms with Crippen molar-refractivity contribution in [2.24, 2.45) is 0 Å². The SMILES string of the molecule is Cc1ncc2c(n1)C1(CCCN(C(=O)c3cccc4nccnc34)C1)CC2. The Bertz CT molecular complexity index is 1040. The highest BCUT2D eigenvalue weighted by atomic mass is 16.2. The molecule has 1 fully saturated rings. The summed E-state index contributed by atoms with van der Waals surface area (Å²) in [6, 6.07) is 5.63. The highest BCUT2D eigenvalue weighted by Crippen LogP contribution is 2.44. The molecule has 2 aromatic heterocycles. The maximum atomic E-state index is 13.4. The maximum absolute atomic E-state index is 13.4. The third kappa shape index (κ3) is 2.59. The van der Waals surface area contributed by atoms with Gasteiger partial charge in [0.2, 0.25) is 0 Å². The first-order valence-electron chi connectivity index (χ1n) is 9.48. The number of carbonyl (C=O) groups excluding carboxylic acids is 1. The number of aryl methyl sites for hydroxylation is 2. The van der Waals surface area contributed by atoms with Crippen molar-refractivity contribution in [2.75, 3.05) is 13.1 Å². The first-order chi connectivity index (χ1) is 13.2. The van der Waals surface area contributed by atoms with Crippen LogP contribution in [0.3, 0.4) is 0 Å². The number of piperidine rings is 1. The van der Waals surface area contributed by atoms with E-state index in [0.29, 0.717) is 17.6 Å². The zero-order valence-electron chi connectivity index (χ0n) is 15.4. The number of hydrogen-bond acceptors (Lipinski definition) is 5. The van der Waals surface area contributed by atoms with Crippen molar-refractivity contribution in [1.82, 2.24) is 24.8 Å².